The number of rotatable bonds is 4. The Morgan fingerprint density at radius 1 is 0.950 bits per heavy atom. The van der Waals surface area contributed by atoms with Crippen molar-refractivity contribution in [1.29, 1.82) is 5.26 Å². The van der Waals surface area contributed by atoms with Gasteiger partial charge in [-0.1, -0.05) is 23.8 Å². The summed E-state index contributed by atoms with van der Waals surface area (Å²) < 4.78 is 68.3. The fourth-order valence-electron chi connectivity index (χ4n) is 4.79. The Hall–Kier alpha value is -4.63. The van der Waals surface area contributed by atoms with E-state index in [4.69, 9.17) is 5.26 Å². The minimum absolute atomic E-state index is 0.0965. The number of nitrogens with zero attached hydrogens (tertiary/aromatic N) is 4. The summed E-state index contributed by atoms with van der Waals surface area (Å²) in [6.45, 7) is 3.30. The van der Waals surface area contributed by atoms with Crippen molar-refractivity contribution in [2.24, 2.45) is 0 Å². The second-order valence-electron chi connectivity index (χ2n) is 9.60. The summed E-state index contributed by atoms with van der Waals surface area (Å²) in [5, 5.41) is 9.56. The number of carbonyl (C=O) groups is 2. The van der Waals surface area contributed by atoms with Gasteiger partial charge in [0, 0.05) is 18.6 Å². The van der Waals surface area contributed by atoms with Crippen LogP contribution in [0, 0.1) is 18.3 Å². The molecule has 0 spiro atoms. The number of hydrogen-bond acceptors (Lipinski definition) is 5. The number of nitriles is 1. The Morgan fingerprint density at radius 3 is 2.25 bits per heavy atom. The van der Waals surface area contributed by atoms with Crippen LogP contribution in [0.1, 0.15) is 29.2 Å². The predicted octanol–water partition coefficient (Wildman–Crippen LogP) is 5.39. The average Bonchev–Trinajstić information content (AvgIpc) is 3.42. The molecule has 0 N–H and O–H groups in total. The van der Waals surface area contributed by atoms with E-state index < -0.39 is 44.8 Å². The number of urea groups is 1. The van der Waals surface area contributed by atoms with Crippen LogP contribution >= 0.6 is 0 Å². The lowest BCUT2D eigenvalue weighted by Gasteiger charge is -2.29. The quantitative estimate of drug-likeness (QED) is 0.308. The van der Waals surface area contributed by atoms with Crippen LogP contribution in [0.4, 0.5) is 23.7 Å². The third kappa shape index (κ3) is 3.93. The first-order valence-corrected chi connectivity index (χ1v) is 13.3. The van der Waals surface area contributed by atoms with E-state index in [1.54, 1.807) is 24.3 Å². The van der Waals surface area contributed by atoms with E-state index in [1.165, 1.54) is 50.5 Å². The SMILES string of the molecule is Cc1ccc(S(=O)(=O)n2ccc3cc(C4(C)C(=O)N(c5ccc(C#N)c(C(F)(F)F)c5)C(=O)N4C)ccc32)cc1. The maximum Gasteiger partial charge on any atom is 0.417 e. The number of likely N-dealkylation sites (N-methyl/N-ethyl adjacent to an activating group) is 1. The van der Waals surface area contributed by atoms with Crippen LogP contribution in [0.25, 0.3) is 10.9 Å². The van der Waals surface area contributed by atoms with Crippen molar-refractivity contribution in [3.8, 4) is 6.07 Å². The maximum absolute atomic E-state index is 13.7. The van der Waals surface area contributed by atoms with Gasteiger partial charge in [-0.2, -0.15) is 18.4 Å². The fourth-order valence-corrected chi connectivity index (χ4v) is 6.14. The van der Waals surface area contributed by atoms with Crippen molar-refractivity contribution in [1.82, 2.24) is 8.87 Å². The molecule has 2 heterocycles. The first-order valence-electron chi connectivity index (χ1n) is 11.9. The molecule has 204 valence electrons. The summed E-state index contributed by atoms with van der Waals surface area (Å²) in [4.78, 5) is 28.8. The van der Waals surface area contributed by atoms with Crippen molar-refractivity contribution >= 4 is 38.6 Å². The number of amides is 3. The molecule has 1 atom stereocenters. The number of hydrogen-bond donors (Lipinski definition) is 0. The number of aromatic nitrogens is 1. The number of anilines is 1. The molecule has 8 nitrogen and oxygen atoms in total. The van der Waals surface area contributed by atoms with E-state index in [2.05, 4.69) is 0 Å². The molecule has 1 fully saturated rings. The van der Waals surface area contributed by atoms with E-state index in [0.717, 1.165) is 26.6 Å². The number of carbonyl (C=O) groups excluding carboxylic acids is 2. The normalized spacial score (nSPS) is 18.0. The van der Waals surface area contributed by atoms with Gasteiger partial charge in [0.1, 0.15) is 5.54 Å². The molecule has 1 saturated heterocycles. The van der Waals surface area contributed by atoms with E-state index in [9.17, 15) is 31.2 Å². The van der Waals surface area contributed by atoms with Crippen LogP contribution in [-0.4, -0.2) is 36.3 Å². The summed E-state index contributed by atoms with van der Waals surface area (Å²) in [7, 11) is -2.57. The van der Waals surface area contributed by atoms with Gasteiger partial charge < -0.3 is 4.90 Å². The molecule has 0 radical (unpaired) electrons. The van der Waals surface area contributed by atoms with Crippen LogP contribution in [-0.2, 0) is 26.5 Å². The first-order chi connectivity index (χ1) is 18.7. The Bertz CT molecular complexity index is 1860. The highest BCUT2D eigenvalue weighted by Crippen LogP contribution is 2.41. The second-order valence-corrected chi connectivity index (χ2v) is 11.4. The Morgan fingerprint density at radius 2 is 1.62 bits per heavy atom. The van der Waals surface area contributed by atoms with Crippen molar-refractivity contribution in [3.63, 3.8) is 0 Å². The third-order valence-corrected chi connectivity index (χ3v) is 8.95. The minimum Gasteiger partial charge on any atom is -0.308 e. The van der Waals surface area contributed by atoms with Crippen LogP contribution in [0.2, 0.25) is 0 Å². The fraction of sp³-hybridized carbons (Fsp3) is 0.179. The highest BCUT2D eigenvalue weighted by atomic mass is 32.2. The zero-order valence-corrected chi connectivity index (χ0v) is 22.2. The lowest BCUT2D eigenvalue weighted by atomic mass is 9.90. The van der Waals surface area contributed by atoms with E-state index in [1.807, 2.05) is 6.92 Å². The molecule has 12 heteroatoms. The standard InChI is InChI=1S/C28H21F3N4O4S/c1-17-4-9-22(10-5-17)40(38,39)34-13-12-18-14-20(7-11-24(18)34)27(2)25(36)35(26(37)33(27)3)21-8-6-19(16-32)23(15-21)28(29,30)31/h4-15H,1-3H3. The van der Waals surface area contributed by atoms with Crippen molar-refractivity contribution in [2.75, 3.05) is 11.9 Å². The first kappa shape index (κ1) is 27.0. The zero-order valence-electron chi connectivity index (χ0n) is 21.4. The largest absolute Gasteiger partial charge is 0.417 e. The summed E-state index contributed by atoms with van der Waals surface area (Å²) in [5.74, 6) is -0.802. The second kappa shape index (κ2) is 8.96. The number of alkyl halides is 3. The number of halogens is 3. The lowest BCUT2D eigenvalue weighted by molar-refractivity contribution is -0.137. The number of aryl methyl sites for hydroxylation is 1. The maximum atomic E-state index is 13.7. The Balaban J connectivity index is 1.56. The molecule has 0 bridgehead atoms. The molecule has 1 aliphatic rings. The highest BCUT2D eigenvalue weighted by Gasteiger charge is 2.54. The molecule has 3 amide bonds. The van der Waals surface area contributed by atoms with Crippen LogP contribution < -0.4 is 4.90 Å². The van der Waals surface area contributed by atoms with Gasteiger partial charge in [0.05, 0.1) is 33.3 Å². The molecular formula is C28H21F3N4O4S. The topological polar surface area (TPSA) is 103 Å². The molecule has 40 heavy (non-hydrogen) atoms. The van der Waals surface area contributed by atoms with Crippen LogP contribution in [0.5, 0.6) is 0 Å². The van der Waals surface area contributed by atoms with Gasteiger partial charge in [-0.3, -0.25) is 4.79 Å². The summed E-state index contributed by atoms with van der Waals surface area (Å²) in [6.07, 6.45) is -3.49. The molecule has 1 aliphatic heterocycles. The Kier molecular flexibility index (Phi) is 6.04. The lowest BCUT2D eigenvalue weighted by Crippen LogP contribution is -2.42. The molecule has 1 unspecified atom stereocenters. The van der Waals surface area contributed by atoms with E-state index in [0.29, 0.717) is 27.4 Å². The monoisotopic (exact) mass is 566 g/mol. The third-order valence-electron chi connectivity index (χ3n) is 7.25. The number of fused-ring (bicyclic) bond motifs is 1. The van der Waals surface area contributed by atoms with Gasteiger partial charge in [-0.25, -0.2) is 22.1 Å². The van der Waals surface area contributed by atoms with Gasteiger partial charge in [-0.05, 0) is 67.9 Å². The average molecular weight is 567 g/mol. The summed E-state index contributed by atoms with van der Waals surface area (Å²) in [5.41, 5.74) is -2.27. The predicted molar refractivity (Wildman–Crippen MR) is 140 cm³/mol. The molecule has 4 aromatic rings. The molecule has 1 aromatic heterocycles. The summed E-state index contributed by atoms with van der Waals surface area (Å²) in [6, 6.07) is 15.8. The van der Waals surface area contributed by atoms with Crippen molar-refractivity contribution in [3.05, 3.63) is 95.2 Å². The van der Waals surface area contributed by atoms with Gasteiger partial charge in [-0.15, -0.1) is 0 Å². The molecule has 0 aliphatic carbocycles. The smallest absolute Gasteiger partial charge is 0.308 e. The van der Waals surface area contributed by atoms with Crippen molar-refractivity contribution in [2.45, 2.75) is 30.5 Å². The van der Waals surface area contributed by atoms with Gasteiger partial charge in [0.2, 0.25) is 0 Å². The van der Waals surface area contributed by atoms with Crippen molar-refractivity contribution < 1.29 is 31.2 Å². The van der Waals surface area contributed by atoms with Gasteiger partial charge >= 0.3 is 12.2 Å². The van der Waals surface area contributed by atoms with E-state index in [-0.39, 0.29) is 10.6 Å². The Labute approximate surface area is 227 Å². The minimum atomic E-state index is -4.88. The van der Waals surface area contributed by atoms with Gasteiger partial charge in [0.25, 0.3) is 15.9 Å². The molecule has 0 saturated carbocycles. The highest BCUT2D eigenvalue weighted by molar-refractivity contribution is 7.90. The molecule has 5 rings (SSSR count). The van der Waals surface area contributed by atoms with Crippen LogP contribution in [0.3, 0.4) is 0 Å². The van der Waals surface area contributed by atoms with Gasteiger partial charge in [0.15, 0.2) is 0 Å². The van der Waals surface area contributed by atoms with E-state index >= 15 is 0 Å². The summed E-state index contributed by atoms with van der Waals surface area (Å²) >= 11 is 0. The molecular weight excluding hydrogens is 545 g/mol. The zero-order chi connectivity index (χ0) is 29.2. The number of benzene rings is 3. The number of imide groups is 1. The molecule has 3 aromatic carbocycles. The van der Waals surface area contributed by atoms with Crippen LogP contribution in [0.15, 0.2) is 77.8 Å².